The van der Waals surface area contributed by atoms with E-state index in [9.17, 15) is 4.79 Å². The van der Waals surface area contributed by atoms with Crippen molar-refractivity contribution in [3.63, 3.8) is 0 Å². The third-order valence-electron chi connectivity index (χ3n) is 2.37. The summed E-state index contributed by atoms with van der Waals surface area (Å²) < 4.78 is 0. The van der Waals surface area contributed by atoms with Crippen LogP contribution in [-0.2, 0) is 4.79 Å². The highest BCUT2D eigenvalue weighted by molar-refractivity contribution is 8.14. The van der Waals surface area contributed by atoms with Gasteiger partial charge in [0.2, 0.25) is 5.12 Å². The van der Waals surface area contributed by atoms with Crippen LogP contribution in [0.4, 0.5) is 11.6 Å². The van der Waals surface area contributed by atoms with Crippen molar-refractivity contribution in [2.75, 3.05) is 30.1 Å². The SMILES string of the molecule is CN(C)c1cc(NC2CCSC2=O)ncn1. The topological polar surface area (TPSA) is 58.1 Å². The van der Waals surface area contributed by atoms with Gasteiger partial charge >= 0.3 is 0 Å². The molecule has 1 saturated heterocycles. The lowest BCUT2D eigenvalue weighted by Gasteiger charge is -2.14. The summed E-state index contributed by atoms with van der Waals surface area (Å²) in [5.74, 6) is 2.43. The number of rotatable bonds is 3. The predicted octanol–water partition coefficient (Wildman–Crippen LogP) is 0.987. The smallest absolute Gasteiger partial charge is 0.211 e. The average molecular weight is 238 g/mol. The van der Waals surface area contributed by atoms with Gasteiger partial charge in [-0.1, -0.05) is 11.8 Å². The number of anilines is 2. The zero-order valence-corrected chi connectivity index (χ0v) is 10.1. The zero-order chi connectivity index (χ0) is 11.5. The van der Waals surface area contributed by atoms with Gasteiger partial charge < -0.3 is 10.2 Å². The van der Waals surface area contributed by atoms with Crippen molar-refractivity contribution < 1.29 is 4.79 Å². The minimum absolute atomic E-state index is 0.102. The maximum absolute atomic E-state index is 11.4. The van der Waals surface area contributed by atoms with Crippen LogP contribution >= 0.6 is 11.8 Å². The Kier molecular flexibility index (Phi) is 3.28. The van der Waals surface area contributed by atoms with Crippen LogP contribution in [-0.4, -0.2) is 41.0 Å². The third-order valence-corrected chi connectivity index (χ3v) is 3.38. The average Bonchev–Trinajstić information content (AvgIpc) is 2.65. The highest BCUT2D eigenvalue weighted by Gasteiger charge is 2.25. The largest absolute Gasteiger partial charge is 0.363 e. The Morgan fingerprint density at radius 3 is 2.94 bits per heavy atom. The van der Waals surface area contributed by atoms with Crippen molar-refractivity contribution in [2.45, 2.75) is 12.5 Å². The fourth-order valence-electron chi connectivity index (χ4n) is 1.48. The molecule has 1 fully saturated rings. The first-order valence-corrected chi connectivity index (χ1v) is 6.08. The van der Waals surface area contributed by atoms with Crippen molar-refractivity contribution in [1.82, 2.24) is 9.97 Å². The zero-order valence-electron chi connectivity index (χ0n) is 9.30. The number of nitrogens with zero attached hydrogens (tertiary/aromatic N) is 3. The maximum atomic E-state index is 11.4. The molecule has 86 valence electrons. The van der Waals surface area contributed by atoms with E-state index >= 15 is 0 Å². The number of nitrogens with one attached hydrogen (secondary N) is 1. The number of hydrogen-bond donors (Lipinski definition) is 1. The van der Waals surface area contributed by atoms with Crippen molar-refractivity contribution in [3.8, 4) is 0 Å². The second-order valence-electron chi connectivity index (χ2n) is 3.81. The van der Waals surface area contributed by atoms with E-state index in [0.717, 1.165) is 18.0 Å². The van der Waals surface area contributed by atoms with Crippen molar-refractivity contribution >= 4 is 28.5 Å². The Morgan fingerprint density at radius 1 is 1.50 bits per heavy atom. The Hall–Kier alpha value is -1.30. The van der Waals surface area contributed by atoms with E-state index in [1.807, 2.05) is 25.1 Å². The molecule has 16 heavy (non-hydrogen) atoms. The summed E-state index contributed by atoms with van der Waals surface area (Å²) in [5.41, 5.74) is 0. The van der Waals surface area contributed by atoms with E-state index in [1.54, 1.807) is 0 Å². The summed E-state index contributed by atoms with van der Waals surface area (Å²) in [5, 5.41) is 3.34. The van der Waals surface area contributed by atoms with Crippen molar-refractivity contribution in [3.05, 3.63) is 12.4 Å². The van der Waals surface area contributed by atoms with Crippen LogP contribution in [0.2, 0.25) is 0 Å². The lowest BCUT2D eigenvalue weighted by Crippen LogP contribution is -2.23. The van der Waals surface area contributed by atoms with Crippen LogP contribution in [0.25, 0.3) is 0 Å². The van der Waals surface area contributed by atoms with E-state index in [4.69, 9.17) is 0 Å². The molecule has 0 amide bonds. The molecule has 1 aliphatic rings. The minimum Gasteiger partial charge on any atom is -0.363 e. The molecule has 0 aliphatic carbocycles. The van der Waals surface area contributed by atoms with Crippen LogP contribution < -0.4 is 10.2 Å². The number of carbonyl (C=O) groups excluding carboxylic acids is 1. The normalized spacial score (nSPS) is 19.9. The molecule has 0 bridgehead atoms. The number of aromatic nitrogens is 2. The number of carbonyl (C=O) groups is 1. The van der Waals surface area contributed by atoms with Crippen LogP contribution in [0.1, 0.15) is 6.42 Å². The van der Waals surface area contributed by atoms with Crippen LogP contribution in [0.15, 0.2) is 12.4 Å². The van der Waals surface area contributed by atoms with Gasteiger partial charge in [-0.15, -0.1) is 0 Å². The quantitative estimate of drug-likeness (QED) is 0.847. The van der Waals surface area contributed by atoms with Crippen molar-refractivity contribution in [2.24, 2.45) is 0 Å². The molecule has 5 nitrogen and oxygen atoms in total. The van der Waals surface area contributed by atoms with Gasteiger partial charge in [-0.25, -0.2) is 9.97 Å². The molecule has 1 unspecified atom stereocenters. The van der Waals surface area contributed by atoms with E-state index in [1.165, 1.54) is 18.1 Å². The maximum Gasteiger partial charge on any atom is 0.211 e. The highest BCUT2D eigenvalue weighted by atomic mass is 32.2. The Balaban J connectivity index is 2.09. The van der Waals surface area contributed by atoms with Gasteiger partial charge in [-0.05, 0) is 6.42 Å². The van der Waals surface area contributed by atoms with Crippen LogP contribution in [0.5, 0.6) is 0 Å². The molecule has 1 N–H and O–H groups in total. The Morgan fingerprint density at radius 2 is 2.31 bits per heavy atom. The summed E-state index contributed by atoms with van der Waals surface area (Å²) >= 11 is 1.38. The van der Waals surface area contributed by atoms with Gasteiger partial charge in [0, 0.05) is 25.9 Å². The van der Waals surface area contributed by atoms with E-state index in [0.29, 0.717) is 5.82 Å². The van der Waals surface area contributed by atoms with Crippen molar-refractivity contribution in [1.29, 1.82) is 0 Å². The summed E-state index contributed by atoms with van der Waals surface area (Å²) in [4.78, 5) is 21.6. The number of thioether (sulfide) groups is 1. The molecule has 1 atom stereocenters. The van der Waals surface area contributed by atoms with E-state index in [2.05, 4.69) is 15.3 Å². The molecule has 2 heterocycles. The standard InChI is InChI=1S/C10H14N4OS/c1-14(2)9-5-8(11-6-12-9)13-7-3-4-16-10(7)15/h5-7H,3-4H2,1-2H3,(H,11,12,13). The Labute approximate surface area is 98.6 Å². The first-order chi connectivity index (χ1) is 7.66. The summed E-state index contributed by atoms with van der Waals surface area (Å²) in [6, 6.07) is 1.74. The molecule has 1 aromatic heterocycles. The molecular formula is C10H14N4OS. The summed E-state index contributed by atoms with van der Waals surface area (Å²) in [7, 11) is 3.84. The van der Waals surface area contributed by atoms with Gasteiger partial charge in [0.15, 0.2) is 0 Å². The van der Waals surface area contributed by atoms with E-state index in [-0.39, 0.29) is 11.2 Å². The fraction of sp³-hybridized carbons (Fsp3) is 0.500. The van der Waals surface area contributed by atoms with Gasteiger partial charge in [-0.3, -0.25) is 4.79 Å². The fourth-order valence-corrected chi connectivity index (χ4v) is 2.41. The highest BCUT2D eigenvalue weighted by Crippen LogP contribution is 2.23. The lowest BCUT2D eigenvalue weighted by molar-refractivity contribution is -0.111. The van der Waals surface area contributed by atoms with E-state index < -0.39 is 0 Å². The predicted molar refractivity (Wildman–Crippen MR) is 65.9 cm³/mol. The second kappa shape index (κ2) is 4.69. The summed E-state index contributed by atoms with van der Waals surface area (Å²) in [6.45, 7) is 0. The molecular weight excluding hydrogens is 224 g/mol. The third kappa shape index (κ3) is 2.44. The minimum atomic E-state index is -0.102. The van der Waals surface area contributed by atoms with Gasteiger partial charge in [0.25, 0.3) is 0 Å². The molecule has 0 saturated carbocycles. The van der Waals surface area contributed by atoms with Gasteiger partial charge in [-0.2, -0.15) is 0 Å². The first-order valence-electron chi connectivity index (χ1n) is 5.09. The van der Waals surface area contributed by atoms with Crippen LogP contribution in [0.3, 0.4) is 0 Å². The number of hydrogen-bond acceptors (Lipinski definition) is 6. The summed E-state index contributed by atoms with van der Waals surface area (Å²) in [6.07, 6.45) is 2.37. The Bertz CT molecular complexity index is 396. The molecule has 2 rings (SSSR count). The van der Waals surface area contributed by atoms with Gasteiger partial charge in [0.05, 0.1) is 6.04 Å². The molecule has 0 radical (unpaired) electrons. The molecule has 1 aromatic rings. The second-order valence-corrected chi connectivity index (χ2v) is 4.91. The lowest BCUT2D eigenvalue weighted by atomic mass is 10.2. The first kappa shape index (κ1) is 11.2. The van der Waals surface area contributed by atoms with Gasteiger partial charge in [0.1, 0.15) is 18.0 Å². The molecule has 1 aliphatic heterocycles. The van der Waals surface area contributed by atoms with Crippen LogP contribution in [0, 0.1) is 0 Å². The monoisotopic (exact) mass is 238 g/mol. The molecule has 6 heteroatoms. The molecule has 0 spiro atoms. The molecule has 0 aromatic carbocycles.